The molecule has 2 rings (SSSR count). The minimum atomic E-state index is -0.119. The van der Waals surface area contributed by atoms with E-state index in [1.807, 2.05) is 37.4 Å². The molecule has 1 unspecified atom stereocenters. The summed E-state index contributed by atoms with van der Waals surface area (Å²) in [5, 5.41) is 5.57. The van der Waals surface area contributed by atoms with Crippen molar-refractivity contribution in [2.45, 2.75) is 33.2 Å². The van der Waals surface area contributed by atoms with Crippen molar-refractivity contribution < 1.29 is 9.13 Å². The summed E-state index contributed by atoms with van der Waals surface area (Å²) in [6.07, 6.45) is 1.04. The number of ether oxygens (including phenoxy) is 1. The number of benzene rings is 1. The van der Waals surface area contributed by atoms with Gasteiger partial charge in [0.15, 0.2) is 0 Å². The molecule has 1 N–H and O–H groups in total. The SMILES string of the molecule is CCCNC(c1cc(C)c(F)c(C)c1)c1sccc1OC. The molecule has 0 bridgehead atoms. The van der Waals surface area contributed by atoms with Gasteiger partial charge in [0.25, 0.3) is 0 Å². The predicted molar refractivity (Wildman–Crippen MR) is 86.9 cm³/mol. The van der Waals surface area contributed by atoms with Gasteiger partial charge in [-0.1, -0.05) is 19.1 Å². The number of nitrogens with one attached hydrogen (secondary N) is 1. The number of rotatable bonds is 6. The molecule has 1 atom stereocenters. The average Bonchev–Trinajstić information content (AvgIpc) is 2.93. The van der Waals surface area contributed by atoms with E-state index in [4.69, 9.17) is 4.74 Å². The minimum absolute atomic E-state index is 0.0397. The molecule has 1 aromatic carbocycles. The molecule has 0 radical (unpaired) electrons. The molecule has 0 spiro atoms. The Hall–Kier alpha value is -1.39. The summed E-state index contributed by atoms with van der Waals surface area (Å²) in [6, 6.07) is 5.87. The molecule has 1 aromatic heterocycles. The van der Waals surface area contributed by atoms with Gasteiger partial charge < -0.3 is 10.1 Å². The normalized spacial score (nSPS) is 12.4. The van der Waals surface area contributed by atoms with Crippen LogP contribution in [0.25, 0.3) is 0 Å². The van der Waals surface area contributed by atoms with E-state index >= 15 is 0 Å². The fraction of sp³-hybridized carbons (Fsp3) is 0.412. The number of methoxy groups -OCH3 is 1. The molecule has 0 saturated heterocycles. The smallest absolute Gasteiger partial charge is 0.134 e. The van der Waals surface area contributed by atoms with Crippen molar-refractivity contribution in [2.24, 2.45) is 0 Å². The Kier molecular flexibility index (Phi) is 5.37. The van der Waals surface area contributed by atoms with E-state index < -0.39 is 0 Å². The van der Waals surface area contributed by atoms with Gasteiger partial charge >= 0.3 is 0 Å². The van der Waals surface area contributed by atoms with Crippen LogP contribution in [0.1, 0.15) is 41.0 Å². The van der Waals surface area contributed by atoms with Crippen LogP contribution >= 0.6 is 11.3 Å². The Bertz CT molecular complexity index is 586. The van der Waals surface area contributed by atoms with Crippen LogP contribution in [0.5, 0.6) is 5.75 Å². The van der Waals surface area contributed by atoms with Crippen molar-refractivity contribution in [3.05, 3.63) is 51.0 Å². The van der Waals surface area contributed by atoms with Crippen molar-refractivity contribution >= 4 is 11.3 Å². The van der Waals surface area contributed by atoms with Crippen molar-refractivity contribution in [1.29, 1.82) is 0 Å². The standard InChI is InChI=1S/C17H22FNOS/c1-5-7-19-16(17-14(20-4)6-8-21-17)13-9-11(2)15(18)12(3)10-13/h6,8-10,16,19H,5,7H2,1-4H3. The maximum atomic E-state index is 13.9. The van der Waals surface area contributed by atoms with Gasteiger partial charge in [-0.2, -0.15) is 0 Å². The first kappa shape index (κ1) is 16.0. The third-order valence-corrected chi connectivity index (χ3v) is 4.49. The van der Waals surface area contributed by atoms with Crippen molar-refractivity contribution in [2.75, 3.05) is 13.7 Å². The lowest BCUT2D eigenvalue weighted by molar-refractivity contribution is 0.407. The minimum Gasteiger partial charge on any atom is -0.496 e. The van der Waals surface area contributed by atoms with Gasteiger partial charge in [0.1, 0.15) is 11.6 Å². The summed E-state index contributed by atoms with van der Waals surface area (Å²) < 4.78 is 19.3. The van der Waals surface area contributed by atoms with E-state index in [0.717, 1.165) is 29.2 Å². The maximum Gasteiger partial charge on any atom is 0.134 e. The van der Waals surface area contributed by atoms with E-state index in [-0.39, 0.29) is 11.9 Å². The highest BCUT2D eigenvalue weighted by atomic mass is 32.1. The fourth-order valence-electron chi connectivity index (χ4n) is 2.48. The Balaban J connectivity index is 2.45. The van der Waals surface area contributed by atoms with Gasteiger partial charge in [-0.15, -0.1) is 11.3 Å². The lowest BCUT2D eigenvalue weighted by Crippen LogP contribution is -2.23. The summed E-state index contributed by atoms with van der Waals surface area (Å²) in [6.45, 7) is 6.67. The maximum absolute atomic E-state index is 13.9. The zero-order valence-corrected chi connectivity index (χ0v) is 13.8. The highest BCUT2D eigenvalue weighted by Crippen LogP contribution is 2.35. The largest absolute Gasteiger partial charge is 0.496 e. The zero-order chi connectivity index (χ0) is 15.4. The number of hydrogen-bond acceptors (Lipinski definition) is 3. The summed E-state index contributed by atoms with van der Waals surface area (Å²) >= 11 is 1.66. The average molecular weight is 307 g/mol. The van der Waals surface area contributed by atoms with Crippen LogP contribution in [-0.4, -0.2) is 13.7 Å². The molecule has 114 valence electrons. The van der Waals surface area contributed by atoms with Gasteiger partial charge in [0.05, 0.1) is 18.0 Å². The van der Waals surface area contributed by atoms with Crippen LogP contribution in [-0.2, 0) is 0 Å². The molecule has 0 aliphatic rings. The zero-order valence-electron chi connectivity index (χ0n) is 13.0. The molecule has 0 aliphatic carbocycles. The van der Waals surface area contributed by atoms with Crippen LogP contribution in [0, 0.1) is 19.7 Å². The topological polar surface area (TPSA) is 21.3 Å². The van der Waals surface area contributed by atoms with Gasteiger partial charge in [-0.25, -0.2) is 4.39 Å². The quantitative estimate of drug-likeness (QED) is 0.842. The molecule has 0 amide bonds. The number of hydrogen-bond donors (Lipinski definition) is 1. The third kappa shape index (κ3) is 3.44. The van der Waals surface area contributed by atoms with E-state index in [9.17, 15) is 4.39 Å². The van der Waals surface area contributed by atoms with Crippen LogP contribution < -0.4 is 10.1 Å². The molecule has 2 nitrogen and oxygen atoms in total. The molecule has 1 heterocycles. The molecular weight excluding hydrogens is 285 g/mol. The summed E-state index contributed by atoms with van der Waals surface area (Å²) in [4.78, 5) is 1.14. The van der Waals surface area contributed by atoms with Crippen LogP contribution in [0.2, 0.25) is 0 Å². The van der Waals surface area contributed by atoms with Crippen LogP contribution in [0.3, 0.4) is 0 Å². The summed E-state index contributed by atoms with van der Waals surface area (Å²) in [5.41, 5.74) is 2.45. The third-order valence-electron chi connectivity index (χ3n) is 3.53. The van der Waals surface area contributed by atoms with Crippen molar-refractivity contribution in [1.82, 2.24) is 5.32 Å². The fourth-order valence-corrected chi connectivity index (χ4v) is 3.45. The first-order valence-corrected chi connectivity index (χ1v) is 8.07. The highest BCUT2D eigenvalue weighted by Gasteiger charge is 2.20. The van der Waals surface area contributed by atoms with Gasteiger partial charge in [-0.3, -0.25) is 0 Å². The van der Waals surface area contributed by atoms with Gasteiger partial charge in [-0.05, 0) is 54.9 Å². The molecule has 2 aromatic rings. The van der Waals surface area contributed by atoms with Crippen LogP contribution in [0.4, 0.5) is 4.39 Å². The molecule has 0 aliphatic heterocycles. The van der Waals surface area contributed by atoms with Crippen LogP contribution in [0.15, 0.2) is 23.6 Å². The first-order valence-electron chi connectivity index (χ1n) is 7.19. The number of aryl methyl sites for hydroxylation is 2. The summed E-state index contributed by atoms with van der Waals surface area (Å²) in [5.74, 6) is 0.763. The Morgan fingerprint density at radius 3 is 2.52 bits per heavy atom. The van der Waals surface area contributed by atoms with E-state index in [1.54, 1.807) is 18.4 Å². The molecule has 21 heavy (non-hydrogen) atoms. The van der Waals surface area contributed by atoms with Gasteiger partial charge in [0, 0.05) is 0 Å². The first-order chi connectivity index (χ1) is 10.1. The lowest BCUT2D eigenvalue weighted by Gasteiger charge is -2.20. The monoisotopic (exact) mass is 307 g/mol. The second kappa shape index (κ2) is 7.05. The second-order valence-corrected chi connectivity index (χ2v) is 6.16. The molecular formula is C17H22FNOS. The molecule has 0 fully saturated rings. The number of thiophene rings is 1. The van der Waals surface area contributed by atoms with E-state index in [2.05, 4.69) is 12.2 Å². The highest BCUT2D eigenvalue weighted by molar-refractivity contribution is 7.10. The van der Waals surface area contributed by atoms with Gasteiger partial charge in [0.2, 0.25) is 0 Å². The second-order valence-electron chi connectivity index (χ2n) is 5.21. The molecule has 4 heteroatoms. The molecule has 0 saturated carbocycles. The Morgan fingerprint density at radius 1 is 1.29 bits per heavy atom. The van der Waals surface area contributed by atoms with E-state index in [1.165, 1.54) is 0 Å². The van der Waals surface area contributed by atoms with E-state index in [0.29, 0.717) is 11.1 Å². The Morgan fingerprint density at radius 2 is 1.95 bits per heavy atom. The number of halogens is 1. The van der Waals surface area contributed by atoms with Crippen molar-refractivity contribution in [3.8, 4) is 5.75 Å². The lowest BCUT2D eigenvalue weighted by atomic mass is 9.99. The van der Waals surface area contributed by atoms with Crippen molar-refractivity contribution in [3.63, 3.8) is 0 Å². The Labute approximate surface area is 130 Å². The summed E-state index contributed by atoms with van der Waals surface area (Å²) in [7, 11) is 1.68. The predicted octanol–water partition coefficient (Wildman–Crippen LogP) is 4.60.